The summed E-state index contributed by atoms with van der Waals surface area (Å²) >= 11 is 5.96. The van der Waals surface area contributed by atoms with E-state index in [0.29, 0.717) is 10.9 Å². The molecule has 1 aromatic rings. The Morgan fingerprint density at radius 3 is 2.42 bits per heavy atom. The molecule has 1 fully saturated rings. The van der Waals surface area contributed by atoms with Gasteiger partial charge in [-0.1, -0.05) is 39.3 Å². The van der Waals surface area contributed by atoms with Crippen molar-refractivity contribution in [2.45, 2.75) is 60.2 Å². The van der Waals surface area contributed by atoms with Crippen LogP contribution in [0.4, 0.5) is 0 Å². The zero-order chi connectivity index (χ0) is 14.7. The Kier molecular flexibility index (Phi) is 10.6. The van der Waals surface area contributed by atoms with Crippen LogP contribution in [-0.4, -0.2) is 17.9 Å². The summed E-state index contributed by atoms with van der Waals surface area (Å²) in [6.07, 6.45) is 3.01. The first-order valence-electron chi connectivity index (χ1n) is 7.17. The van der Waals surface area contributed by atoms with Gasteiger partial charge in [-0.2, -0.15) is 0 Å². The number of nitrogens with zero attached hydrogens (tertiary/aromatic N) is 1. The largest absolute Gasteiger partial charge is 0.462 e. The molecule has 0 spiro atoms. The summed E-state index contributed by atoms with van der Waals surface area (Å²) in [7, 11) is 0. The van der Waals surface area contributed by atoms with Crippen molar-refractivity contribution in [3.63, 3.8) is 0 Å². The number of pyridine rings is 1. The third-order valence-electron chi connectivity index (χ3n) is 2.35. The third kappa shape index (κ3) is 6.79. The van der Waals surface area contributed by atoms with Crippen molar-refractivity contribution < 1.29 is 9.47 Å². The minimum atomic E-state index is -0.166. The molecular formula is C15H26ClNO2. The van der Waals surface area contributed by atoms with Crippen LogP contribution in [0, 0.1) is 6.92 Å². The van der Waals surface area contributed by atoms with Gasteiger partial charge < -0.3 is 9.47 Å². The smallest absolute Gasteiger partial charge is 0.199 e. The lowest BCUT2D eigenvalue weighted by molar-refractivity contribution is -0.106. The first-order chi connectivity index (χ1) is 9.25. The molecule has 19 heavy (non-hydrogen) atoms. The van der Waals surface area contributed by atoms with Crippen LogP contribution in [0.5, 0.6) is 5.75 Å². The van der Waals surface area contributed by atoms with Gasteiger partial charge in [-0.3, -0.25) is 0 Å². The lowest BCUT2D eigenvalue weighted by atomic mass is 10.2. The number of aromatic nitrogens is 1. The fourth-order valence-electron chi connectivity index (χ4n) is 1.55. The van der Waals surface area contributed by atoms with Crippen molar-refractivity contribution in [3.05, 3.63) is 23.0 Å². The molecule has 2 heterocycles. The molecule has 0 radical (unpaired) electrons. The van der Waals surface area contributed by atoms with Crippen molar-refractivity contribution in [1.29, 1.82) is 0 Å². The number of aryl methyl sites for hydroxylation is 1. The summed E-state index contributed by atoms with van der Waals surface area (Å²) in [6.45, 7) is 10.7. The molecule has 1 aromatic heterocycles. The maximum Gasteiger partial charge on any atom is 0.199 e. The molecular weight excluding hydrogens is 262 g/mol. The second-order valence-corrected chi connectivity index (χ2v) is 4.01. The van der Waals surface area contributed by atoms with E-state index >= 15 is 0 Å². The summed E-state index contributed by atoms with van der Waals surface area (Å²) in [5.74, 6) is 0.606. The molecule has 1 aliphatic heterocycles. The van der Waals surface area contributed by atoms with E-state index < -0.39 is 0 Å². The van der Waals surface area contributed by atoms with E-state index in [1.165, 1.54) is 0 Å². The topological polar surface area (TPSA) is 31.4 Å². The van der Waals surface area contributed by atoms with E-state index in [-0.39, 0.29) is 6.29 Å². The van der Waals surface area contributed by atoms with Crippen molar-refractivity contribution in [2.75, 3.05) is 6.61 Å². The van der Waals surface area contributed by atoms with Crippen LogP contribution in [0.2, 0.25) is 5.15 Å². The number of hydrogen-bond acceptors (Lipinski definition) is 3. The average Bonchev–Trinajstić information content (AvgIpc) is 2.47. The average molecular weight is 288 g/mol. The van der Waals surface area contributed by atoms with Gasteiger partial charge in [-0.15, -0.1) is 0 Å². The SMILES string of the molecule is CC.CC.Cc1ccc(OC2CCCCO2)c(Cl)n1. The Hall–Kier alpha value is -0.800. The molecule has 0 aromatic carbocycles. The summed E-state index contributed by atoms with van der Waals surface area (Å²) in [6, 6.07) is 3.71. The predicted molar refractivity (Wildman–Crippen MR) is 80.9 cm³/mol. The Morgan fingerprint density at radius 1 is 1.21 bits per heavy atom. The highest BCUT2D eigenvalue weighted by Crippen LogP contribution is 2.25. The minimum absolute atomic E-state index is 0.166. The highest BCUT2D eigenvalue weighted by molar-refractivity contribution is 6.30. The molecule has 0 amide bonds. The second-order valence-electron chi connectivity index (χ2n) is 3.66. The van der Waals surface area contributed by atoms with Gasteiger partial charge >= 0.3 is 0 Å². The van der Waals surface area contributed by atoms with E-state index in [9.17, 15) is 0 Å². The Labute approximate surface area is 122 Å². The first-order valence-corrected chi connectivity index (χ1v) is 7.55. The molecule has 1 atom stereocenters. The summed E-state index contributed by atoms with van der Waals surface area (Å²) in [5, 5.41) is 0.407. The van der Waals surface area contributed by atoms with Crippen LogP contribution in [0.3, 0.4) is 0 Å². The molecule has 0 bridgehead atoms. The van der Waals surface area contributed by atoms with E-state index in [1.54, 1.807) is 0 Å². The second kappa shape index (κ2) is 11.1. The Bertz CT molecular complexity index is 339. The summed E-state index contributed by atoms with van der Waals surface area (Å²) in [5.41, 5.74) is 0.886. The number of hydrogen-bond donors (Lipinski definition) is 0. The molecule has 0 saturated carbocycles. The maximum absolute atomic E-state index is 5.96. The lowest BCUT2D eigenvalue weighted by Crippen LogP contribution is -2.25. The van der Waals surface area contributed by atoms with Crippen LogP contribution in [-0.2, 0) is 4.74 Å². The third-order valence-corrected chi connectivity index (χ3v) is 2.62. The molecule has 4 heteroatoms. The van der Waals surface area contributed by atoms with Crippen molar-refractivity contribution in [2.24, 2.45) is 0 Å². The monoisotopic (exact) mass is 287 g/mol. The number of rotatable bonds is 2. The zero-order valence-corrected chi connectivity index (χ0v) is 13.5. The first kappa shape index (κ1) is 18.2. The van der Waals surface area contributed by atoms with Gasteiger partial charge in [0.1, 0.15) is 0 Å². The minimum Gasteiger partial charge on any atom is -0.462 e. The van der Waals surface area contributed by atoms with Gasteiger partial charge in [0.15, 0.2) is 17.2 Å². The van der Waals surface area contributed by atoms with Crippen molar-refractivity contribution in [1.82, 2.24) is 4.98 Å². The Balaban J connectivity index is 0.000000741. The zero-order valence-electron chi connectivity index (χ0n) is 12.7. The fourth-order valence-corrected chi connectivity index (χ4v) is 1.79. The Morgan fingerprint density at radius 2 is 1.89 bits per heavy atom. The standard InChI is InChI=1S/C11H14ClNO2.2C2H6/c1-8-5-6-9(11(12)13-8)15-10-4-2-3-7-14-10;2*1-2/h5-6,10H,2-4,7H2,1H3;2*1-2H3. The van der Waals surface area contributed by atoms with Crippen molar-refractivity contribution >= 4 is 11.6 Å². The van der Waals surface area contributed by atoms with Gasteiger partial charge in [0, 0.05) is 12.1 Å². The van der Waals surface area contributed by atoms with E-state index in [0.717, 1.165) is 31.6 Å². The fraction of sp³-hybridized carbons (Fsp3) is 0.667. The molecule has 1 aliphatic rings. The summed E-state index contributed by atoms with van der Waals surface area (Å²) < 4.78 is 11.1. The van der Waals surface area contributed by atoms with Crippen LogP contribution in [0.15, 0.2) is 12.1 Å². The van der Waals surface area contributed by atoms with Gasteiger partial charge in [0.05, 0.1) is 6.61 Å². The van der Waals surface area contributed by atoms with E-state index in [2.05, 4.69) is 4.98 Å². The molecule has 1 unspecified atom stereocenters. The van der Waals surface area contributed by atoms with Gasteiger partial charge in [0.25, 0.3) is 0 Å². The normalized spacial score (nSPS) is 17.5. The van der Waals surface area contributed by atoms with Crippen LogP contribution in [0.1, 0.15) is 52.7 Å². The van der Waals surface area contributed by atoms with Crippen LogP contribution in [0.25, 0.3) is 0 Å². The lowest BCUT2D eigenvalue weighted by Gasteiger charge is -2.23. The van der Waals surface area contributed by atoms with Gasteiger partial charge in [0.2, 0.25) is 0 Å². The van der Waals surface area contributed by atoms with Crippen LogP contribution < -0.4 is 4.74 Å². The highest BCUT2D eigenvalue weighted by Gasteiger charge is 2.16. The van der Waals surface area contributed by atoms with Crippen molar-refractivity contribution in [3.8, 4) is 5.75 Å². The van der Waals surface area contributed by atoms with E-state index in [1.807, 2.05) is 46.8 Å². The van der Waals surface area contributed by atoms with Gasteiger partial charge in [-0.05, 0) is 31.9 Å². The number of halogens is 1. The van der Waals surface area contributed by atoms with Crippen LogP contribution >= 0.6 is 11.6 Å². The molecule has 1 saturated heterocycles. The summed E-state index contributed by atoms with van der Waals surface area (Å²) in [4.78, 5) is 4.12. The number of ether oxygens (including phenoxy) is 2. The van der Waals surface area contributed by atoms with E-state index in [4.69, 9.17) is 21.1 Å². The highest BCUT2D eigenvalue weighted by atomic mass is 35.5. The van der Waals surface area contributed by atoms with Gasteiger partial charge in [-0.25, -0.2) is 4.98 Å². The molecule has 2 rings (SSSR count). The molecule has 0 aliphatic carbocycles. The molecule has 110 valence electrons. The maximum atomic E-state index is 5.96. The molecule has 0 N–H and O–H groups in total. The molecule has 3 nitrogen and oxygen atoms in total. The quantitative estimate of drug-likeness (QED) is 0.717. The predicted octanol–water partition coefficient (Wildman–Crippen LogP) is 5.00.